The van der Waals surface area contributed by atoms with Crippen molar-refractivity contribution in [2.24, 2.45) is 0 Å². The molecule has 0 atom stereocenters. The van der Waals surface area contributed by atoms with E-state index in [1.54, 1.807) is 7.11 Å². The van der Waals surface area contributed by atoms with Gasteiger partial charge in [-0.25, -0.2) is 0 Å². The van der Waals surface area contributed by atoms with Gasteiger partial charge < -0.3 is 19.5 Å². The van der Waals surface area contributed by atoms with Crippen molar-refractivity contribution in [1.82, 2.24) is 9.47 Å². The number of nitrogens with zero attached hydrogens (tertiary/aromatic N) is 2. The molecule has 1 spiro atoms. The molecule has 0 unspecified atom stereocenters. The predicted molar refractivity (Wildman–Crippen MR) is 119 cm³/mol. The van der Waals surface area contributed by atoms with Crippen LogP contribution in [0.3, 0.4) is 0 Å². The molecule has 2 aliphatic rings. The molecule has 0 aliphatic carbocycles. The molecule has 1 N–H and O–H groups in total. The number of likely N-dealkylation sites (tertiary alicyclic amines) is 1. The van der Waals surface area contributed by atoms with E-state index in [-0.39, 0.29) is 11.4 Å². The van der Waals surface area contributed by atoms with Gasteiger partial charge in [0.1, 0.15) is 5.75 Å². The highest BCUT2D eigenvalue weighted by molar-refractivity contribution is 6.31. The lowest BCUT2D eigenvalue weighted by Crippen LogP contribution is -2.51. The van der Waals surface area contributed by atoms with Gasteiger partial charge in [-0.15, -0.1) is 0 Å². The van der Waals surface area contributed by atoms with Gasteiger partial charge in [-0.05, 0) is 48.7 Å². The number of rotatable bonds is 3. The first-order chi connectivity index (χ1) is 14.6. The number of hydrogen-bond acceptors (Lipinski definition) is 3. The van der Waals surface area contributed by atoms with Crippen LogP contribution in [0.15, 0.2) is 60.8 Å². The summed E-state index contributed by atoms with van der Waals surface area (Å²) in [5.41, 5.74) is 4.13. The Hall–Kier alpha value is -2.92. The molecule has 3 aromatic rings. The molecule has 5 nitrogen and oxygen atoms in total. The maximum absolute atomic E-state index is 12.9. The Morgan fingerprint density at radius 3 is 2.70 bits per heavy atom. The number of hydrogen-bond donors (Lipinski definition) is 1. The molecule has 2 aromatic carbocycles. The van der Waals surface area contributed by atoms with Crippen molar-refractivity contribution in [1.29, 1.82) is 0 Å². The zero-order valence-electron chi connectivity index (χ0n) is 16.9. The number of methoxy groups -OCH3 is 1. The van der Waals surface area contributed by atoms with Gasteiger partial charge in [0, 0.05) is 36.1 Å². The molecule has 30 heavy (non-hydrogen) atoms. The number of ether oxygens (including phenoxy) is 1. The highest BCUT2D eigenvalue weighted by Gasteiger charge is 2.42. The lowest BCUT2D eigenvalue weighted by molar-refractivity contribution is -0.132. The molecule has 0 bridgehead atoms. The zero-order chi connectivity index (χ0) is 20.7. The summed E-state index contributed by atoms with van der Waals surface area (Å²) in [5.74, 6) is 0.963. The minimum Gasteiger partial charge on any atom is -0.497 e. The molecule has 3 heterocycles. The molecular weight excluding hydrogens is 398 g/mol. The van der Waals surface area contributed by atoms with Crippen LogP contribution in [0.5, 0.6) is 5.75 Å². The van der Waals surface area contributed by atoms with E-state index in [4.69, 9.17) is 16.3 Å². The average molecular weight is 422 g/mol. The van der Waals surface area contributed by atoms with E-state index in [0.29, 0.717) is 24.5 Å². The van der Waals surface area contributed by atoms with Crippen LogP contribution in [0.25, 0.3) is 5.69 Å². The maximum atomic E-state index is 12.9. The number of piperidine rings is 1. The largest absolute Gasteiger partial charge is 0.497 e. The molecule has 2 aliphatic heterocycles. The fourth-order valence-electron chi connectivity index (χ4n) is 4.69. The standard InChI is InChI=1S/C24H24ClN3O2/c1-30-18-8-9-21-20(16-18)26-24(22-7-4-12-28(21)22)10-13-27(14-11-24)23(29)15-17-5-2-3-6-19(17)25/h2-9,12,16,26H,10-11,13-15H2,1H3. The van der Waals surface area contributed by atoms with Crippen molar-refractivity contribution in [3.63, 3.8) is 0 Å². The lowest BCUT2D eigenvalue weighted by Gasteiger charge is -2.46. The third-order valence-corrected chi connectivity index (χ3v) is 6.71. The third-order valence-electron chi connectivity index (χ3n) is 6.35. The van der Waals surface area contributed by atoms with E-state index in [1.165, 1.54) is 5.69 Å². The van der Waals surface area contributed by atoms with Crippen molar-refractivity contribution in [2.75, 3.05) is 25.5 Å². The van der Waals surface area contributed by atoms with E-state index >= 15 is 0 Å². The number of anilines is 1. The quantitative estimate of drug-likeness (QED) is 0.671. The summed E-state index contributed by atoms with van der Waals surface area (Å²) < 4.78 is 7.68. The number of carbonyl (C=O) groups excluding carboxylic acids is 1. The van der Waals surface area contributed by atoms with Crippen molar-refractivity contribution in [3.05, 3.63) is 77.1 Å². The van der Waals surface area contributed by atoms with Crippen molar-refractivity contribution in [3.8, 4) is 11.4 Å². The highest BCUT2D eigenvalue weighted by atomic mass is 35.5. The number of carbonyl (C=O) groups is 1. The van der Waals surface area contributed by atoms with Crippen LogP contribution in [-0.2, 0) is 16.8 Å². The number of nitrogens with one attached hydrogen (secondary N) is 1. The van der Waals surface area contributed by atoms with Gasteiger partial charge in [-0.1, -0.05) is 29.8 Å². The van der Waals surface area contributed by atoms with E-state index < -0.39 is 0 Å². The number of amides is 1. The van der Waals surface area contributed by atoms with Crippen LogP contribution in [0, 0.1) is 0 Å². The number of aromatic nitrogens is 1. The van der Waals surface area contributed by atoms with E-state index in [2.05, 4.69) is 40.3 Å². The van der Waals surface area contributed by atoms with E-state index in [1.807, 2.05) is 35.2 Å². The van der Waals surface area contributed by atoms with Crippen LogP contribution in [0.4, 0.5) is 5.69 Å². The molecule has 1 aromatic heterocycles. The smallest absolute Gasteiger partial charge is 0.227 e. The van der Waals surface area contributed by atoms with Crippen LogP contribution >= 0.6 is 11.6 Å². The second kappa shape index (κ2) is 7.40. The van der Waals surface area contributed by atoms with Crippen molar-refractivity contribution >= 4 is 23.2 Å². The Morgan fingerprint density at radius 2 is 1.93 bits per heavy atom. The first-order valence-corrected chi connectivity index (χ1v) is 10.6. The van der Waals surface area contributed by atoms with Crippen molar-refractivity contribution < 1.29 is 9.53 Å². The molecular formula is C24H24ClN3O2. The molecule has 1 amide bonds. The lowest BCUT2D eigenvalue weighted by atomic mass is 9.82. The van der Waals surface area contributed by atoms with Gasteiger partial charge >= 0.3 is 0 Å². The average Bonchev–Trinajstić information content (AvgIpc) is 3.27. The predicted octanol–water partition coefficient (Wildman–Crippen LogP) is 4.63. The third kappa shape index (κ3) is 3.14. The number of fused-ring (bicyclic) bond motifs is 4. The second-order valence-electron chi connectivity index (χ2n) is 8.00. The minimum absolute atomic E-state index is 0.131. The Morgan fingerprint density at radius 1 is 1.13 bits per heavy atom. The van der Waals surface area contributed by atoms with Gasteiger partial charge in [0.15, 0.2) is 0 Å². The molecule has 0 saturated carbocycles. The first-order valence-electron chi connectivity index (χ1n) is 10.3. The first kappa shape index (κ1) is 19.1. The maximum Gasteiger partial charge on any atom is 0.227 e. The van der Waals surface area contributed by atoms with Gasteiger partial charge in [-0.3, -0.25) is 4.79 Å². The number of benzene rings is 2. The summed E-state index contributed by atoms with van der Waals surface area (Å²) >= 11 is 6.25. The van der Waals surface area contributed by atoms with Crippen molar-refractivity contribution in [2.45, 2.75) is 24.8 Å². The summed E-state index contributed by atoms with van der Waals surface area (Å²) in [5, 5.41) is 4.44. The van der Waals surface area contributed by atoms with Gasteiger partial charge in [0.25, 0.3) is 0 Å². The summed E-state index contributed by atoms with van der Waals surface area (Å²) in [4.78, 5) is 14.9. The second-order valence-corrected chi connectivity index (χ2v) is 8.41. The van der Waals surface area contributed by atoms with Gasteiger partial charge in [0.05, 0.1) is 30.4 Å². The van der Waals surface area contributed by atoms with E-state index in [0.717, 1.165) is 35.5 Å². The fourth-order valence-corrected chi connectivity index (χ4v) is 4.89. The highest BCUT2D eigenvalue weighted by Crippen LogP contribution is 2.44. The molecule has 0 radical (unpaired) electrons. The van der Waals surface area contributed by atoms with Crippen LogP contribution in [0.2, 0.25) is 5.02 Å². The Balaban J connectivity index is 1.36. The minimum atomic E-state index is -0.190. The van der Waals surface area contributed by atoms with Gasteiger partial charge in [0.2, 0.25) is 5.91 Å². The van der Waals surface area contributed by atoms with Crippen LogP contribution < -0.4 is 10.1 Å². The summed E-state index contributed by atoms with van der Waals surface area (Å²) in [7, 11) is 1.69. The molecule has 5 rings (SSSR count). The molecule has 1 fully saturated rings. The van der Waals surface area contributed by atoms with Crippen LogP contribution in [-0.4, -0.2) is 35.6 Å². The Kier molecular flexibility index (Phi) is 4.70. The van der Waals surface area contributed by atoms with Crippen LogP contribution in [0.1, 0.15) is 24.1 Å². The molecule has 6 heteroatoms. The Bertz CT molecular complexity index is 1100. The molecule has 1 saturated heterocycles. The summed E-state index contributed by atoms with van der Waals surface area (Å²) in [6.07, 6.45) is 4.15. The normalized spacial score (nSPS) is 16.5. The van der Waals surface area contributed by atoms with Gasteiger partial charge in [-0.2, -0.15) is 0 Å². The zero-order valence-corrected chi connectivity index (χ0v) is 17.7. The van der Waals surface area contributed by atoms with E-state index in [9.17, 15) is 4.79 Å². The summed E-state index contributed by atoms with van der Waals surface area (Å²) in [6.45, 7) is 1.42. The number of halogens is 1. The fraction of sp³-hybridized carbons (Fsp3) is 0.292. The monoisotopic (exact) mass is 421 g/mol. The summed E-state index contributed by atoms with van der Waals surface area (Å²) in [6, 6.07) is 18.0. The Labute approximate surface area is 181 Å². The molecule has 154 valence electrons. The topological polar surface area (TPSA) is 46.5 Å². The SMILES string of the molecule is COc1ccc2c(c1)NC1(CCN(C(=O)Cc3ccccc3Cl)CC1)c1cccn1-2.